The molecule has 9 nitrogen and oxygen atoms in total. The molecule has 1 aromatic carbocycles. The highest BCUT2D eigenvalue weighted by Crippen LogP contribution is 2.33. The molecule has 5 rings (SSSR count). The smallest absolute Gasteiger partial charge is 0.257 e. The number of nitrogens with two attached hydrogens (primary N) is 1. The average Bonchev–Trinajstić information content (AvgIpc) is 3.29. The van der Waals surface area contributed by atoms with E-state index < -0.39 is 0 Å². The van der Waals surface area contributed by atoms with Crippen molar-refractivity contribution in [1.82, 2.24) is 19.9 Å². The van der Waals surface area contributed by atoms with E-state index in [1.165, 1.54) is 18.4 Å². The van der Waals surface area contributed by atoms with Crippen molar-refractivity contribution in [2.24, 2.45) is 0 Å². The molecule has 1 fully saturated rings. The van der Waals surface area contributed by atoms with Crippen LogP contribution in [0.1, 0.15) is 10.4 Å². The van der Waals surface area contributed by atoms with E-state index >= 15 is 0 Å². The summed E-state index contributed by atoms with van der Waals surface area (Å²) in [5.41, 5.74) is 8.81. The number of rotatable bonds is 4. The molecular formula is C23H22N6O3S. The van der Waals surface area contributed by atoms with Gasteiger partial charge < -0.3 is 25.4 Å². The van der Waals surface area contributed by atoms with Crippen molar-refractivity contribution in [2.75, 3.05) is 43.9 Å². The Morgan fingerprint density at radius 3 is 2.70 bits per heavy atom. The molecule has 0 saturated carbocycles. The fraction of sp³-hybridized carbons (Fsp3) is 0.217. The summed E-state index contributed by atoms with van der Waals surface area (Å²) in [6.07, 6.45) is 1.67. The zero-order valence-corrected chi connectivity index (χ0v) is 18.7. The van der Waals surface area contributed by atoms with Crippen LogP contribution in [0.2, 0.25) is 0 Å². The number of benzene rings is 1. The summed E-state index contributed by atoms with van der Waals surface area (Å²) in [4.78, 5) is 30.7. The van der Waals surface area contributed by atoms with E-state index in [1.54, 1.807) is 23.7 Å². The number of hydrogen-bond acceptors (Lipinski definition) is 9. The standard InChI is InChI=1S/C23H22N6O3S/c1-32-18-12-14(5-6-17(18)30)28-8-10-29(11-9-28)23(31)15-13-33-20-19(15)26-22(27-21(20)24)16-4-2-3-7-25-16/h2-7,12-13,30H,8-11H2,1H3,(H2,24,26,27). The minimum atomic E-state index is -0.0748. The van der Waals surface area contributed by atoms with Crippen LogP contribution in [-0.4, -0.2) is 64.2 Å². The van der Waals surface area contributed by atoms with Crippen LogP contribution >= 0.6 is 11.3 Å². The largest absolute Gasteiger partial charge is 0.504 e. The predicted molar refractivity (Wildman–Crippen MR) is 128 cm³/mol. The third-order valence-corrected chi connectivity index (χ3v) is 6.65. The van der Waals surface area contributed by atoms with Gasteiger partial charge in [-0.1, -0.05) is 6.07 Å². The SMILES string of the molecule is COc1cc(N2CCN(C(=O)c3csc4c(N)nc(-c5ccccn5)nc34)CC2)ccc1O. The maximum atomic E-state index is 13.4. The number of ether oxygens (including phenoxy) is 1. The molecule has 0 unspecified atom stereocenters. The van der Waals surface area contributed by atoms with Crippen LogP contribution in [0.5, 0.6) is 11.5 Å². The number of nitrogens with zero attached hydrogens (tertiary/aromatic N) is 5. The van der Waals surface area contributed by atoms with Gasteiger partial charge in [0.2, 0.25) is 0 Å². The van der Waals surface area contributed by atoms with E-state index in [0.717, 1.165) is 5.69 Å². The van der Waals surface area contributed by atoms with E-state index in [1.807, 2.05) is 29.2 Å². The fourth-order valence-corrected chi connectivity index (χ4v) is 4.78. The van der Waals surface area contributed by atoms with Gasteiger partial charge in [-0.05, 0) is 24.3 Å². The molecule has 3 aromatic heterocycles. The van der Waals surface area contributed by atoms with E-state index in [2.05, 4.69) is 19.9 Å². The number of fused-ring (bicyclic) bond motifs is 1. The van der Waals surface area contributed by atoms with Crippen LogP contribution in [0.15, 0.2) is 48.0 Å². The Kier molecular flexibility index (Phi) is 5.43. The van der Waals surface area contributed by atoms with Gasteiger partial charge >= 0.3 is 0 Å². The number of anilines is 2. The molecule has 0 spiro atoms. The lowest BCUT2D eigenvalue weighted by Gasteiger charge is -2.36. The van der Waals surface area contributed by atoms with Crippen molar-refractivity contribution in [3.63, 3.8) is 0 Å². The molecule has 0 radical (unpaired) electrons. The molecule has 1 saturated heterocycles. The van der Waals surface area contributed by atoms with Crippen molar-refractivity contribution in [3.8, 4) is 23.0 Å². The summed E-state index contributed by atoms with van der Waals surface area (Å²) >= 11 is 1.37. The van der Waals surface area contributed by atoms with Gasteiger partial charge in [-0.3, -0.25) is 9.78 Å². The first-order chi connectivity index (χ1) is 16.0. The van der Waals surface area contributed by atoms with Gasteiger partial charge in [-0.15, -0.1) is 11.3 Å². The zero-order chi connectivity index (χ0) is 22.9. The maximum absolute atomic E-state index is 13.4. The number of phenols is 1. The Balaban J connectivity index is 1.37. The van der Waals surface area contributed by atoms with Gasteiger partial charge in [0.25, 0.3) is 5.91 Å². The zero-order valence-electron chi connectivity index (χ0n) is 17.9. The van der Waals surface area contributed by atoms with Gasteiger partial charge in [0.15, 0.2) is 17.3 Å². The number of aromatic nitrogens is 3. The molecule has 168 valence electrons. The van der Waals surface area contributed by atoms with E-state index in [4.69, 9.17) is 10.5 Å². The number of methoxy groups -OCH3 is 1. The Hall–Kier alpha value is -3.92. The number of carbonyl (C=O) groups excluding carboxylic acids is 1. The number of aromatic hydroxyl groups is 1. The summed E-state index contributed by atoms with van der Waals surface area (Å²) < 4.78 is 5.91. The highest BCUT2D eigenvalue weighted by molar-refractivity contribution is 7.18. The molecule has 4 heterocycles. The average molecular weight is 463 g/mol. The van der Waals surface area contributed by atoms with Crippen LogP contribution in [0.4, 0.5) is 11.5 Å². The van der Waals surface area contributed by atoms with Crippen molar-refractivity contribution in [3.05, 3.63) is 53.5 Å². The second-order valence-electron chi connectivity index (χ2n) is 7.61. The molecule has 1 aliphatic rings. The van der Waals surface area contributed by atoms with E-state index in [-0.39, 0.29) is 11.7 Å². The monoisotopic (exact) mass is 462 g/mol. The first-order valence-electron chi connectivity index (χ1n) is 10.4. The Bertz CT molecular complexity index is 1320. The van der Waals surface area contributed by atoms with Crippen molar-refractivity contribution in [2.45, 2.75) is 0 Å². The lowest BCUT2D eigenvalue weighted by molar-refractivity contribution is 0.0749. The molecule has 1 amide bonds. The van der Waals surface area contributed by atoms with Crippen molar-refractivity contribution >= 4 is 39.0 Å². The van der Waals surface area contributed by atoms with Crippen molar-refractivity contribution < 1.29 is 14.6 Å². The number of carbonyl (C=O) groups is 1. The first-order valence-corrected chi connectivity index (χ1v) is 11.3. The fourth-order valence-electron chi connectivity index (χ4n) is 3.90. The Labute approximate surface area is 194 Å². The van der Waals surface area contributed by atoms with Gasteiger partial charge in [-0.25, -0.2) is 9.97 Å². The number of thiophene rings is 1. The minimum absolute atomic E-state index is 0.0748. The normalized spacial score (nSPS) is 14.0. The number of pyridine rings is 1. The van der Waals surface area contributed by atoms with Crippen LogP contribution < -0.4 is 15.4 Å². The molecule has 0 bridgehead atoms. The number of nitrogen functional groups attached to an aromatic ring is 1. The summed E-state index contributed by atoms with van der Waals surface area (Å²) in [6, 6.07) is 10.8. The molecule has 0 aliphatic carbocycles. The Morgan fingerprint density at radius 1 is 1.15 bits per heavy atom. The third kappa shape index (κ3) is 3.89. The highest BCUT2D eigenvalue weighted by Gasteiger charge is 2.26. The van der Waals surface area contributed by atoms with Crippen LogP contribution in [0.25, 0.3) is 21.7 Å². The number of piperazine rings is 1. The molecule has 1 aliphatic heterocycles. The maximum Gasteiger partial charge on any atom is 0.257 e. The quantitative estimate of drug-likeness (QED) is 0.475. The molecular weight excluding hydrogens is 440 g/mol. The topological polar surface area (TPSA) is 118 Å². The molecule has 0 atom stereocenters. The number of hydrogen-bond donors (Lipinski definition) is 2. The third-order valence-electron chi connectivity index (χ3n) is 5.66. The molecule has 33 heavy (non-hydrogen) atoms. The molecule has 10 heteroatoms. The lowest BCUT2D eigenvalue weighted by atomic mass is 10.2. The second kappa shape index (κ2) is 8.55. The minimum Gasteiger partial charge on any atom is -0.504 e. The van der Waals surface area contributed by atoms with Crippen LogP contribution in [-0.2, 0) is 0 Å². The summed E-state index contributed by atoms with van der Waals surface area (Å²) in [7, 11) is 1.52. The summed E-state index contributed by atoms with van der Waals surface area (Å²) in [5, 5.41) is 11.6. The highest BCUT2D eigenvalue weighted by atomic mass is 32.1. The first kappa shape index (κ1) is 21.0. The van der Waals surface area contributed by atoms with Gasteiger partial charge in [0.05, 0.1) is 17.4 Å². The van der Waals surface area contributed by atoms with Gasteiger partial charge in [-0.2, -0.15) is 0 Å². The van der Waals surface area contributed by atoms with E-state index in [9.17, 15) is 9.90 Å². The number of amides is 1. The lowest BCUT2D eigenvalue weighted by Crippen LogP contribution is -2.48. The molecule has 3 N–H and O–H groups in total. The van der Waals surface area contributed by atoms with E-state index in [0.29, 0.717) is 65.0 Å². The van der Waals surface area contributed by atoms with Gasteiger partial charge in [0.1, 0.15) is 17.0 Å². The number of phenolic OH excluding ortho intramolecular Hbond substituents is 1. The van der Waals surface area contributed by atoms with Crippen molar-refractivity contribution in [1.29, 1.82) is 0 Å². The summed E-state index contributed by atoms with van der Waals surface area (Å²) in [6.45, 7) is 2.45. The van der Waals surface area contributed by atoms with Crippen LogP contribution in [0, 0.1) is 0 Å². The van der Waals surface area contributed by atoms with Crippen LogP contribution in [0.3, 0.4) is 0 Å². The Morgan fingerprint density at radius 2 is 1.97 bits per heavy atom. The summed E-state index contributed by atoms with van der Waals surface area (Å²) in [5.74, 6) is 1.20. The second-order valence-corrected chi connectivity index (χ2v) is 8.49. The molecule has 4 aromatic rings. The van der Waals surface area contributed by atoms with Gasteiger partial charge in [0, 0.05) is 49.5 Å². The predicted octanol–water partition coefficient (Wildman–Crippen LogP) is 3.01.